The summed E-state index contributed by atoms with van der Waals surface area (Å²) in [5.74, 6) is 0.692. The van der Waals surface area contributed by atoms with Gasteiger partial charge in [-0.05, 0) is 73.4 Å². The SMILES string of the molecule is Cn1c(C(C)(C)NC(=O)c2c(Sc3ccccc3)cc(C(C)(C)C)cc2Sc2ccccc2)nc2ccccc21. The highest BCUT2D eigenvalue weighted by Crippen LogP contribution is 2.42. The zero-order valence-corrected chi connectivity index (χ0v) is 25.5. The van der Waals surface area contributed by atoms with Crippen molar-refractivity contribution in [1.82, 2.24) is 14.9 Å². The minimum Gasteiger partial charge on any atom is -0.340 e. The van der Waals surface area contributed by atoms with Gasteiger partial charge in [-0.3, -0.25) is 4.79 Å². The number of fused-ring (bicyclic) bond motifs is 1. The lowest BCUT2D eigenvalue weighted by atomic mass is 9.86. The van der Waals surface area contributed by atoms with E-state index in [1.807, 2.05) is 75.5 Å². The van der Waals surface area contributed by atoms with Crippen LogP contribution in [0.25, 0.3) is 11.0 Å². The minimum atomic E-state index is -0.711. The monoisotopic (exact) mass is 565 g/mol. The van der Waals surface area contributed by atoms with E-state index in [1.54, 1.807) is 23.5 Å². The second-order valence-electron chi connectivity index (χ2n) is 11.5. The molecule has 1 heterocycles. The number of rotatable bonds is 7. The van der Waals surface area contributed by atoms with Gasteiger partial charge >= 0.3 is 0 Å². The van der Waals surface area contributed by atoms with Gasteiger partial charge in [-0.1, -0.05) is 92.8 Å². The lowest BCUT2D eigenvalue weighted by Crippen LogP contribution is -2.43. The summed E-state index contributed by atoms with van der Waals surface area (Å²) >= 11 is 3.26. The highest BCUT2D eigenvalue weighted by molar-refractivity contribution is 8.00. The smallest absolute Gasteiger partial charge is 0.254 e. The Bertz CT molecular complexity index is 1590. The maximum absolute atomic E-state index is 14.4. The van der Waals surface area contributed by atoms with Gasteiger partial charge in [0.2, 0.25) is 0 Å². The van der Waals surface area contributed by atoms with Crippen molar-refractivity contribution in [1.29, 1.82) is 0 Å². The first-order valence-corrected chi connectivity index (χ1v) is 15.0. The lowest BCUT2D eigenvalue weighted by Gasteiger charge is -2.28. The van der Waals surface area contributed by atoms with Gasteiger partial charge < -0.3 is 9.88 Å². The minimum absolute atomic E-state index is 0.0840. The van der Waals surface area contributed by atoms with Crippen LogP contribution in [0.4, 0.5) is 0 Å². The maximum atomic E-state index is 14.4. The third kappa shape index (κ3) is 5.98. The number of hydrogen-bond donors (Lipinski definition) is 1. The molecule has 40 heavy (non-hydrogen) atoms. The summed E-state index contributed by atoms with van der Waals surface area (Å²) in [4.78, 5) is 23.3. The van der Waals surface area contributed by atoms with E-state index in [4.69, 9.17) is 4.98 Å². The predicted molar refractivity (Wildman–Crippen MR) is 167 cm³/mol. The Morgan fingerprint density at radius 3 is 1.75 bits per heavy atom. The molecule has 0 bridgehead atoms. The number of para-hydroxylation sites is 2. The first-order valence-electron chi connectivity index (χ1n) is 13.4. The van der Waals surface area contributed by atoms with Crippen molar-refractivity contribution in [3.8, 4) is 0 Å². The van der Waals surface area contributed by atoms with Gasteiger partial charge in [0.15, 0.2) is 0 Å². The fourth-order valence-corrected chi connectivity index (χ4v) is 6.89. The van der Waals surface area contributed by atoms with Crippen LogP contribution in [0, 0.1) is 0 Å². The quantitative estimate of drug-likeness (QED) is 0.214. The number of benzene rings is 4. The van der Waals surface area contributed by atoms with Crippen LogP contribution >= 0.6 is 23.5 Å². The third-order valence-corrected chi connectivity index (χ3v) is 8.97. The summed E-state index contributed by atoms with van der Waals surface area (Å²) < 4.78 is 2.07. The Morgan fingerprint density at radius 1 is 0.750 bits per heavy atom. The zero-order valence-electron chi connectivity index (χ0n) is 23.9. The Labute approximate surface area is 245 Å². The van der Waals surface area contributed by atoms with E-state index in [1.165, 1.54) is 5.56 Å². The summed E-state index contributed by atoms with van der Waals surface area (Å²) in [6.07, 6.45) is 0. The highest BCUT2D eigenvalue weighted by Gasteiger charge is 2.32. The molecule has 0 spiro atoms. The summed E-state index contributed by atoms with van der Waals surface area (Å²) in [5, 5.41) is 3.35. The Morgan fingerprint density at radius 2 is 1.25 bits per heavy atom. The molecule has 0 aliphatic rings. The van der Waals surface area contributed by atoms with Crippen molar-refractivity contribution in [2.75, 3.05) is 0 Å². The second-order valence-corrected chi connectivity index (χ2v) is 13.7. The van der Waals surface area contributed by atoms with Crippen molar-refractivity contribution in [3.63, 3.8) is 0 Å². The number of aryl methyl sites for hydroxylation is 1. The summed E-state index contributed by atoms with van der Waals surface area (Å²) in [7, 11) is 2.00. The molecule has 0 saturated heterocycles. The average Bonchev–Trinajstić information content (AvgIpc) is 3.26. The molecule has 4 nitrogen and oxygen atoms in total. The second kappa shape index (κ2) is 11.2. The standard InChI is InChI=1S/C34H35N3OS2/c1-33(2,3)23-21-28(39-24-15-9-7-10-16-24)30(29(22-23)40-25-17-11-8-12-18-25)31(38)36-34(4,5)32-35-26-19-13-14-20-27(26)37(32)6/h7-22H,1-6H3,(H,36,38). The zero-order chi connectivity index (χ0) is 28.5. The maximum Gasteiger partial charge on any atom is 0.254 e. The largest absolute Gasteiger partial charge is 0.340 e. The van der Waals surface area contributed by atoms with Crippen LogP contribution in [-0.2, 0) is 18.0 Å². The fourth-order valence-electron chi connectivity index (χ4n) is 4.75. The summed E-state index contributed by atoms with van der Waals surface area (Å²) in [5.41, 5.74) is 3.03. The Hall–Kier alpha value is -3.48. The molecule has 1 aromatic heterocycles. The van der Waals surface area contributed by atoms with Gasteiger partial charge in [-0.15, -0.1) is 0 Å². The molecule has 204 valence electrons. The number of hydrogen-bond acceptors (Lipinski definition) is 4. The van der Waals surface area contributed by atoms with E-state index in [0.717, 1.165) is 36.4 Å². The van der Waals surface area contributed by atoms with Crippen LogP contribution in [0.3, 0.4) is 0 Å². The number of aromatic nitrogens is 2. The molecule has 0 radical (unpaired) electrons. The molecule has 1 amide bonds. The number of amides is 1. The highest BCUT2D eigenvalue weighted by atomic mass is 32.2. The molecule has 5 aromatic rings. The predicted octanol–water partition coefficient (Wildman–Crippen LogP) is 8.84. The lowest BCUT2D eigenvalue weighted by molar-refractivity contribution is 0.0901. The number of carbonyl (C=O) groups is 1. The van der Waals surface area contributed by atoms with Crippen molar-refractivity contribution >= 4 is 40.5 Å². The van der Waals surface area contributed by atoms with Gasteiger partial charge in [0.1, 0.15) is 5.82 Å². The Balaban J connectivity index is 1.63. The molecule has 5 rings (SSSR count). The van der Waals surface area contributed by atoms with E-state index in [0.29, 0.717) is 5.56 Å². The van der Waals surface area contributed by atoms with Crippen LogP contribution in [-0.4, -0.2) is 15.5 Å². The van der Waals surface area contributed by atoms with Crippen LogP contribution in [0.5, 0.6) is 0 Å². The van der Waals surface area contributed by atoms with Crippen molar-refractivity contribution in [2.45, 2.75) is 65.2 Å². The Kier molecular flexibility index (Phi) is 7.85. The van der Waals surface area contributed by atoms with Crippen LogP contribution in [0.2, 0.25) is 0 Å². The number of nitrogens with zero attached hydrogens (tertiary/aromatic N) is 2. The van der Waals surface area contributed by atoms with E-state index in [2.05, 4.69) is 73.1 Å². The van der Waals surface area contributed by atoms with Gasteiger partial charge in [0, 0.05) is 26.6 Å². The fraction of sp³-hybridized carbons (Fsp3) is 0.235. The third-order valence-electron chi connectivity index (χ3n) is 6.87. The number of nitrogens with one attached hydrogen (secondary N) is 1. The molecule has 6 heteroatoms. The summed E-state index contributed by atoms with van der Waals surface area (Å²) in [6.45, 7) is 10.7. The van der Waals surface area contributed by atoms with Gasteiger partial charge in [-0.2, -0.15) is 0 Å². The van der Waals surface area contributed by atoms with Gasteiger partial charge in [-0.25, -0.2) is 4.98 Å². The normalized spacial score (nSPS) is 12.1. The van der Waals surface area contributed by atoms with E-state index in [9.17, 15) is 4.79 Å². The van der Waals surface area contributed by atoms with Crippen LogP contribution in [0.15, 0.2) is 117 Å². The van der Waals surface area contributed by atoms with Crippen LogP contribution in [0.1, 0.15) is 56.4 Å². The number of imidazole rings is 1. The van der Waals surface area contributed by atoms with Gasteiger partial charge in [0.25, 0.3) is 5.91 Å². The molecule has 0 atom stereocenters. The molecule has 1 N–H and O–H groups in total. The van der Waals surface area contributed by atoms with Crippen molar-refractivity contribution in [2.24, 2.45) is 7.05 Å². The van der Waals surface area contributed by atoms with Crippen molar-refractivity contribution in [3.05, 3.63) is 114 Å². The first kappa shape index (κ1) is 28.1. The van der Waals surface area contributed by atoms with Gasteiger partial charge in [0.05, 0.1) is 22.1 Å². The van der Waals surface area contributed by atoms with Crippen molar-refractivity contribution < 1.29 is 4.79 Å². The van der Waals surface area contributed by atoms with Crippen LogP contribution < -0.4 is 5.32 Å². The molecule has 0 fully saturated rings. The van der Waals surface area contributed by atoms with E-state index in [-0.39, 0.29) is 11.3 Å². The molecule has 0 unspecified atom stereocenters. The summed E-state index contributed by atoms with van der Waals surface area (Å²) in [6, 6.07) is 32.9. The number of carbonyl (C=O) groups excluding carboxylic acids is 1. The average molecular weight is 566 g/mol. The molecule has 4 aromatic carbocycles. The molecular weight excluding hydrogens is 531 g/mol. The topological polar surface area (TPSA) is 46.9 Å². The van der Waals surface area contributed by atoms with E-state index >= 15 is 0 Å². The molecule has 0 aliphatic carbocycles. The molecular formula is C34H35N3OS2. The first-order chi connectivity index (χ1) is 19.0. The van der Waals surface area contributed by atoms with E-state index < -0.39 is 5.54 Å². The molecule has 0 saturated carbocycles. The molecule has 0 aliphatic heterocycles.